The summed E-state index contributed by atoms with van der Waals surface area (Å²) in [6.45, 7) is 3.37. The quantitative estimate of drug-likeness (QED) is 0.215. The molecule has 0 saturated carbocycles. The van der Waals surface area contributed by atoms with Gasteiger partial charge in [0.05, 0.1) is 24.9 Å². The lowest BCUT2D eigenvalue weighted by atomic mass is 9.86. The predicted molar refractivity (Wildman–Crippen MR) is 172 cm³/mol. The van der Waals surface area contributed by atoms with Crippen molar-refractivity contribution in [3.8, 4) is 0 Å². The molecule has 0 radical (unpaired) electrons. The second-order valence-corrected chi connectivity index (χ2v) is 12.6. The maximum Gasteiger partial charge on any atom is 0.450 e. The standard InChI is InChI=1S/C35H38ClF3N4O5/c1-22(2)27(32(45)35(37,38)39)12-7-13-31(44)30-18-26(48-21-23-8-4-3-5-9-23)20-43(30)34(47)28(17-24-10-6-11-25(36)16-24)42-33(46)29-19-40-14-15-41-29/h3-6,8-11,14-16,19,22,26-28,30H,7,12-13,17-18,20-21H2,1-2H3,(H,42,46)/t26-,27+,28+,30+/m1/s1. The van der Waals surface area contributed by atoms with E-state index in [0.717, 1.165) is 5.56 Å². The molecule has 9 nitrogen and oxygen atoms in total. The van der Waals surface area contributed by atoms with Gasteiger partial charge in [-0.05, 0) is 42.0 Å². The van der Waals surface area contributed by atoms with Crippen LogP contribution in [0.4, 0.5) is 13.2 Å². The Kier molecular flexibility index (Phi) is 12.8. The van der Waals surface area contributed by atoms with Gasteiger partial charge in [-0.2, -0.15) is 13.2 Å². The van der Waals surface area contributed by atoms with E-state index in [1.807, 2.05) is 30.3 Å². The Balaban J connectivity index is 1.55. The molecule has 256 valence electrons. The summed E-state index contributed by atoms with van der Waals surface area (Å²) < 4.78 is 45.7. The van der Waals surface area contributed by atoms with Gasteiger partial charge in [0, 0.05) is 49.1 Å². The van der Waals surface area contributed by atoms with Crippen LogP contribution in [0.2, 0.25) is 5.02 Å². The highest BCUT2D eigenvalue weighted by atomic mass is 35.5. The van der Waals surface area contributed by atoms with Crippen LogP contribution >= 0.6 is 11.6 Å². The van der Waals surface area contributed by atoms with Crippen LogP contribution in [0, 0.1) is 11.8 Å². The van der Waals surface area contributed by atoms with E-state index in [1.165, 1.54) is 37.3 Å². The molecule has 0 bridgehead atoms. The first kappa shape index (κ1) is 36.7. The van der Waals surface area contributed by atoms with Gasteiger partial charge >= 0.3 is 6.18 Å². The first-order valence-electron chi connectivity index (χ1n) is 15.7. The monoisotopic (exact) mass is 686 g/mol. The average Bonchev–Trinajstić information content (AvgIpc) is 3.49. The number of alkyl halides is 3. The van der Waals surface area contributed by atoms with Gasteiger partial charge in [-0.25, -0.2) is 4.98 Å². The third-order valence-corrected chi connectivity index (χ3v) is 8.57. The summed E-state index contributed by atoms with van der Waals surface area (Å²) in [5.74, 6) is -5.20. The van der Waals surface area contributed by atoms with Crippen LogP contribution in [0.15, 0.2) is 73.2 Å². The van der Waals surface area contributed by atoms with E-state index < -0.39 is 53.8 Å². The third-order valence-electron chi connectivity index (χ3n) is 8.33. The summed E-state index contributed by atoms with van der Waals surface area (Å²) >= 11 is 6.19. The molecule has 4 rings (SSSR count). The minimum absolute atomic E-state index is 0.00683. The van der Waals surface area contributed by atoms with Gasteiger partial charge in [0.2, 0.25) is 11.7 Å². The fraction of sp³-hybridized carbons (Fsp3) is 0.429. The van der Waals surface area contributed by atoms with Gasteiger partial charge in [0.1, 0.15) is 11.7 Å². The molecule has 13 heteroatoms. The summed E-state index contributed by atoms with van der Waals surface area (Å²) in [4.78, 5) is 62.4. The molecule has 4 atom stereocenters. The van der Waals surface area contributed by atoms with Crippen molar-refractivity contribution >= 4 is 35.0 Å². The van der Waals surface area contributed by atoms with Crippen LogP contribution < -0.4 is 5.32 Å². The van der Waals surface area contributed by atoms with E-state index in [0.29, 0.717) is 10.6 Å². The van der Waals surface area contributed by atoms with Crippen LogP contribution in [-0.2, 0) is 32.1 Å². The minimum Gasteiger partial charge on any atom is -0.372 e. The van der Waals surface area contributed by atoms with Crippen molar-refractivity contribution in [2.75, 3.05) is 6.54 Å². The van der Waals surface area contributed by atoms with E-state index in [2.05, 4.69) is 15.3 Å². The van der Waals surface area contributed by atoms with Gasteiger partial charge in [-0.1, -0.05) is 67.9 Å². The molecule has 2 aromatic carbocycles. The van der Waals surface area contributed by atoms with Crippen molar-refractivity contribution in [1.82, 2.24) is 20.2 Å². The number of nitrogens with zero attached hydrogens (tertiary/aromatic N) is 3. The van der Waals surface area contributed by atoms with Crippen molar-refractivity contribution in [1.29, 1.82) is 0 Å². The molecule has 1 N–H and O–H groups in total. The van der Waals surface area contributed by atoms with E-state index >= 15 is 0 Å². The molecule has 1 aliphatic rings. The Bertz CT molecular complexity index is 1560. The second kappa shape index (κ2) is 16.8. The van der Waals surface area contributed by atoms with E-state index in [-0.39, 0.29) is 56.7 Å². The third kappa shape index (κ3) is 10.2. The maximum atomic E-state index is 14.3. The predicted octanol–water partition coefficient (Wildman–Crippen LogP) is 5.80. The Hall–Kier alpha value is -4.16. The van der Waals surface area contributed by atoms with Gasteiger partial charge in [-0.3, -0.25) is 24.2 Å². The van der Waals surface area contributed by atoms with Crippen molar-refractivity contribution < 1.29 is 37.1 Å². The van der Waals surface area contributed by atoms with Gasteiger partial charge in [0.25, 0.3) is 5.91 Å². The number of hydrogen-bond acceptors (Lipinski definition) is 7. The largest absolute Gasteiger partial charge is 0.450 e. The van der Waals surface area contributed by atoms with Crippen LogP contribution in [0.25, 0.3) is 0 Å². The molecule has 1 aromatic heterocycles. The van der Waals surface area contributed by atoms with Crippen molar-refractivity contribution in [3.63, 3.8) is 0 Å². The number of halogens is 4. The van der Waals surface area contributed by atoms with Gasteiger partial charge < -0.3 is 15.0 Å². The molecular weight excluding hydrogens is 649 g/mol. The molecule has 1 saturated heterocycles. The lowest BCUT2D eigenvalue weighted by molar-refractivity contribution is -0.177. The summed E-state index contributed by atoms with van der Waals surface area (Å²) in [5, 5.41) is 3.17. The number of likely N-dealkylation sites (tertiary alicyclic amines) is 1. The number of Topliss-reactive ketones (excluding diaryl/α,β-unsaturated/α-hetero) is 2. The first-order valence-corrected chi connectivity index (χ1v) is 16.1. The lowest BCUT2D eigenvalue weighted by Gasteiger charge is -2.29. The highest BCUT2D eigenvalue weighted by Gasteiger charge is 2.45. The molecule has 48 heavy (non-hydrogen) atoms. The number of ketones is 2. The van der Waals surface area contributed by atoms with Crippen LogP contribution in [0.1, 0.15) is 61.1 Å². The van der Waals surface area contributed by atoms with E-state index in [9.17, 15) is 32.3 Å². The molecule has 1 fully saturated rings. The van der Waals surface area contributed by atoms with Crippen molar-refractivity contribution in [2.24, 2.45) is 11.8 Å². The summed E-state index contributed by atoms with van der Waals surface area (Å²) in [7, 11) is 0. The van der Waals surface area contributed by atoms with Gasteiger partial charge in [0.15, 0.2) is 5.78 Å². The molecule has 1 aliphatic heterocycles. The zero-order valence-electron chi connectivity index (χ0n) is 26.7. The summed E-state index contributed by atoms with van der Waals surface area (Å²) in [5.41, 5.74) is 1.55. The van der Waals surface area contributed by atoms with Crippen LogP contribution in [-0.4, -0.2) is 69.2 Å². The molecule has 2 heterocycles. The topological polar surface area (TPSA) is 119 Å². The fourth-order valence-electron chi connectivity index (χ4n) is 5.84. The van der Waals surface area contributed by atoms with Crippen LogP contribution in [0.5, 0.6) is 0 Å². The number of aromatic nitrogens is 2. The summed E-state index contributed by atoms with van der Waals surface area (Å²) in [6, 6.07) is 14.1. The van der Waals surface area contributed by atoms with Gasteiger partial charge in [-0.15, -0.1) is 0 Å². The number of carbonyl (C=O) groups excluding carboxylic acids is 4. The summed E-state index contributed by atoms with van der Waals surface area (Å²) in [6.07, 6.45) is -1.50. The van der Waals surface area contributed by atoms with Crippen molar-refractivity contribution in [2.45, 2.75) is 76.9 Å². The van der Waals surface area contributed by atoms with E-state index in [1.54, 1.807) is 24.3 Å². The molecule has 0 aliphatic carbocycles. The zero-order chi connectivity index (χ0) is 34.8. The maximum absolute atomic E-state index is 14.3. The lowest BCUT2D eigenvalue weighted by Crippen LogP contribution is -2.52. The Morgan fingerprint density at radius 2 is 1.77 bits per heavy atom. The highest BCUT2D eigenvalue weighted by molar-refractivity contribution is 6.30. The smallest absolute Gasteiger partial charge is 0.372 e. The molecule has 0 unspecified atom stereocenters. The number of nitrogens with one attached hydrogen (secondary N) is 1. The Morgan fingerprint density at radius 1 is 1.04 bits per heavy atom. The Labute approximate surface area is 282 Å². The molecule has 2 amide bonds. The Morgan fingerprint density at radius 3 is 2.42 bits per heavy atom. The number of rotatable bonds is 15. The van der Waals surface area contributed by atoms with Crippen LogP contribution in [0.3, 0.4) is 0 Å². The fourth-order valence-corrected chi connectivity index (χ4v) is 6.06. The zero-order valence-corrected chi connectivity index (χ0v) is 27.4. The molecule has 3 aromatic rings. The average molecular weight is 687 g/mol. The number of benzene rings is 2. The first-order chi connectivity index (χ1) is 22.8. The second-order valence-electron chi connectivity index (χ2n) is 12.2. The number of hydrogen-bond donors (Lipinski definition) is 1. The number of ether oxygens (including phenoxy) is 1. The normalized spacial score (nSPS) is 17.6. The van der Waals surface area contributed by atoms with E-state index in [4.69, 9.17) is 16.3 Å². The number of amides is 2. The number of carbonyl (C=O) groups is 4. The van der Waals surface area contributed by atoms with Crippen molar-refractivity contribution in [3.05, 3.63) is 95.0 Å². The highest BCUT2D eigenvalue weighted by Crippen LogP contribution is 2.30. The SMILES string of the molecule is CC(C)[C@H](CCCC(=O)[C@@H]1C[C@@H](OCc2ccccc2)CN1C(=O)[C@H](Cc1cccc(Cl)c1)NC(=O)c1cnccn1)C(=O)C(F)(F)F. The molecular formula is C35H38ClF3N4O5. The molecule has 0 spiro atoms. The minimum atomic E-state index is -4.97.